The molecule has 0 aliphatic heterocycles. The molecule has 2 heterocycles. The molecule has 7 nitrogen and oxygen atoms in total. The smallest absolute Gasteiger partial charge is 0.259 e. The molecule has 0 bridgehead atoms. The molecule has 0 saturated carbocycles. The molecule has 0 aliphatic carbocycles. The molecule has 8 heteroatoms. The molecular weight excluding hydrogens is 324 g/mol. The Morgan fingerprint density at radius 1 is 1.17 bits per heavy atom. The van der Waals surface area contributed by atoms with Gasteiger partial charge in [0.2, 0.25) is 0 Å². The number of para-hydroxylation sites is 2. The lowest BCUT2D eigenvalue weighted by Crippen LogP contribution is -2.15. The summed E-state index contributed by atoms with van der Waals surface area (Å²) in [6, 6.07) is 13.1. The topological polar surface area (TPSA) is 85.6 Å². The zero-order chi connectivity index (χ0) is 16.5. The molecule has 1 N–H and O–H groups in total. The normalized spacial score (nSPS) is 10.9. The van der Waals surface area contributed by atoms with Crippen molar-refractivity contribution in [2.24, 2.45) is 0 Å². The molecule has 0 saturated heterocycles. The van der Waals surface area contributed by atoms with Crippen LogP contribution in [0.5, 0.6) is 0 Å². The van der Waals surface area contributed by atoms with Gasteiger partial charge in [-0.25, -0.2) is 4.98 Å². The first-order valence-corrected chi connectivity index (χ1v) is 8.04. The minimum Gasteiger partial charge on any atom is -0.298 e. The van der Waals surface area contributed by atoms with Gasteiger partial charge in [-0.05, 0) is 41.1 Å². The number of benzene rings is 2. The van der Waals surface area contributed by atoms with Gasteiger partial charge in [0.05, 0.1) is 21.5 Å². The lowest BCUT2D eigenvalue weighted by atomic mass is 10.1. The first-order valence-electron chi connectivity index (χ1n) is 7.22. The van der Waals surface area contributed by atoms with Crippen LogP contribution < -0.4 is 5.32 Å². The fourth-order valence-corrected chi connectivity index (χ4v) is 3.38. The van der Waals surface area contributed by atoms with E-state index in [9.17, 15) is 4.79 Å². The van der Waals surface area contributed by atoms with E-state index in [1.807, 2.05) is 31.2 Å². The second-order valence-corrected chi connectivity index (χ2v) is 6.20. The predicted octanol–water partition coefficient (Wildman–Crippen LogP) is 2.83. The molecule has 4 rings (SSSR count). The van der Waals surface area contributed by atoms with Crippen molar-refractivity contribution in [2.75, 3.05) is 5.32 Å². The Morgan fingerprint density at radius 3 is 2.83 bits per heavy atom. The van der Waals surface area contributed by atoms with Gasteiger partial charge in [-0.2, -0.15) is 4.68 Å². The van der Waals surface area contributed by atoms with Crippen molar-refractivity contribution in [1.82, 2.24) is 25.2 Å². The van der Waals surface area contributed by atoms with Crippen molar-refractivity contribution >= 4 is 32.6 Å². The maximum Gasteiger partial charge on any atom is 0.259 e. The highest BCUT2D eigenvalue weighted by atomic mass is 32.1. The van der Waals surface area contributed by atoms with E-state index in [2.05, 4.69) is 25.8 Å². The molecule has 1 amide bonds. The first-order chi connectivity index (χ1) is 11.7. The number of hydrogen-bond acceptors (Lipinski definition) is 6. The van der Waals surface area contributed by atoms with Crippen LogP contribution in [-0.2, 0) is 0 Å². The van der Waals surface area contributed by atoms with Gasteiger partial charge in [0.25, 0.3) is 5.91 Å². The van der Waals surface area contributed by atoms with Crippen molar-refractivity contribution in [3.05, 3.63) is 59.9 Å². The number of fused-ring (bicyclic) bond motifs is 1. The number of thiazole rings is 1. The number of aromatic nitrogens is 5. The van der Waals surface area contributed by atoms with E-state index in [4.69, 9.17) is 0 Å². The Bertz CT molecular complexity index is 1020. The number of tetrazole rings is 1. The zero-order valence-electron chi connectivity index (χ0n) is 12.7. The molecular formula is C16H12N6OS. The molecule has 0 radical (unpaired) electrons. The highest BCUT2D eigenvalue weighted by Crippen LogP contribution is 2.28. The molecule has 0 unspecified atom stereocenters. The van der Waals surface area contributed by atoms with E-state index < -0.39 is 0 Å². The Balaban J connectivity index is 1.68. The van der Waals surface area contributed by atoms with Crippen molar-refractivity contribution in [3.63, 3.8) is 0 Å². The minimum absolute atomic E-state index is 0.252. The Hall–Kier alpha value is -3.13. The highest BCUT2D eigenvalue weighted by Gasteiger charge is 2.15. The third kappa shape index (κ3) is 2.52. The van der Waals surface area contributed by atoms with Crippen LogP contribution in [0.3, 0.4) is 0 Å². The van der Waals surface area contributed by atoms with Crippen molar-refractivity contribution in [1.29, 1.82) is 0 Å². The lowest BCUT2D eigenvalue weighted by Gasteiger charge is -2.07. The number of carbonyl (C=O) groups is 1. The van der Waals surface area contributed by atoms with Gasteiger partial charge >= 0.3 is 0 Å². The summed E-state index contributed by atoms with van der Waals surface area (Å²) in [6.45, 7) is 2.00. The highest BCUT2D eigenvalue weighted by molar-refractivity contribution is 7.22. The lowest BCUT2D eigenvalue weighted by molar-refractivity contribution is 0.102. The Morgan fingerprint density at radius 2 is 2.04 bits per heavy atom. The molecule has 0 atom stereocenters. The summed E-state index contributed by atoms with van der Waals surface area (Å²) in [5.41, 5.74) is 3.07. The van der Waals surface area contributed by atoms with Gasteiger partial charge in [0.15, 0.2) is 5.13 Å². The van der Waals surface area contributed by atoms with E-state index in [1.54, 1.807) is 18.2 Å². The van der Waals surface area contributed by atoms with Crippen LogP contribution in [-0.4, -0.2) is 31.1 Å². The van der Waals surface area contributed by atoms with Crippen molar-refractivity contribution in [3.8, 4) is 5.69 Å². The standard InChI is InChI=1S/C16H12N6OS/c1-10-5-4-8-13-14(10)18-16(24-13)19-15(23)11-6-2-3-7-12(11)22-9-17-20-21-22/h2-9H,1H3,(H,18,19,23). The summed E-state index contributed by atoms with van der Waals surface area (Å²) in [5.74, 6) is -0.252. The monoisotopic (exact) mass is 336 g/mol. The number of rotatable bonds is 3. The van der Waals surface area contributed by atoms with E-state index in [0.717, 1.165) is 15.8 Å². The number of nitrogens with zero attached hydrogens (tertiary/aromatic N) is 5. The Labute approximate surface area is 141 Å². The average molecular weight is 336 g/mol. The number of anilines is 1. The van der Waals surface area contributed by atoms with Crippen LogP contribution in [0.2, 0.25) is 0 Å². The van der Waals surface area contributed by atoms with Crippen LogP contribution in [0.15, 0.2) is 48.8 Å². The van der Waals surface area contributed by atoms with E-state index in [0.29, 0.717) is 16.4 Å². The summed E-state index contributed by atoms with van der Waals surface area (Å²) in [4.78, 5) is 17.2. The minimum atomic E-state index is -0.252. The van der Waals surface area contributed by atoms with E-state index in [-0.39, 0.29) is 5.91 Å². The van der Waals surface area contributed by atoms with Gasteiger partial charge in [0.1, 0.15) is 6.33 Å². The third-order valence-electron chi connectivity index (χ3n) is 3.59. The van der Waals surface area contributed by atoms with Crippen LogP contribution in [0.1, 0.15) is 15.9 Å². The second kappa shape index (κ2) is 5.82. The van der Waals surface area contributed by atoms with E-state index >= 15 is 0 Å². The van der Waals surface area contributed by atoms with Gasteiger partial charge < -0.3 is 0 Å². The Kier molecular flexibility index (Phi) is 3.51. The van der Waals surface area contributed by atoms with Crippen LogP contribution in [0.4, 0.5) is 5.13 Å². The molecule has 2 aromatic carbocycles. The molecule has 0 fully saturated rings. The molecule has 4 aromatic rings. The van der Waals surface area contributed by atoms with Gasteiger partial charge in [-0.15, -0.1) is 5.10 Å². The summed E-state index contributed by atoms with van der Waals surface area (Å²) in [7, 11) is 0. The van der Waals surface area contributed by atoms with Gasteiger partial charge in [-0.3, -0.25) is 10.1 Å². The molecule has 0 aliphatic rings. The number of aryl methyl sites for hydroxylation is 1. The van der Waals surface area contributed by atoms with Gasteiger partial charge in [0, 0.05) is 0 Å². The summed E-state index contributed by atoms with van der Waals surface area (Å²) in [5, 5.41) is 14.5. The molecule has 0 spiro atoms. The number of carbonyl (C=O) groups excluding carboxylic acids is 1. The van der Waals surface area contributed by atoms with Crippen molar-refractivity contribution in [2.45, 2.75) is 6.92 Å². The van der Waals surface area contributed by atoms with Gasteiger partial charge in [-0.1, -0.05) is 35.6 Å². The quantitative estimate of drug-likeness (QED) is 0.622. The number of hydrogen-bond donors (Lipinski definition) is 1. The maximum atomic E-state index is 12.7. The number of amides is 1. The van der Waals surface area contributed by atoms with Crippen LogP contribution in [0.25, 0.3) is 15.9 Å². The van der Waals surface area contributed by atoms with Crippen LogP contribution in [0, 0.1) is 6.92 Å². The summed E-state index contributed by atoms with van der Waals surface area (Å²) >= 11 is 1.45. The molecule has 24 heavy (non-hydrogen) atoms. The third-order valence-corrected chi connectivity index (χ3v) is 4.52. The molecule has 2 aromatic heterocycles. The average Bonchev–Trinajstić information content (AvgIpc) is 3.24. The largest absolute Gasteiger partial charge is 0.298 e. The van der Waals surface area contributed by atoms with Crippen LogP contribution >= 0.6 is 11.3 Å². The SMILES string of the molecule is Cc1cccc2sc(NC(=O)c3ccccc3-n3cnnn3)nc12. The summed E-state index contributed by atoms with van der Waals surface area (Å²) in [6.07, 6.45) is 1.45. The fraction of sp³-hybridized carbons (Fsp3) is 0.0625. The molecule has 118 valence electrons. The predicted molar refractivity (Wildman–Crippen MR) is 91.5 cm³/mol. The number of nitrogens with one attached hydrogen (secondary N) is 1. The van der Waals surface area contributed by atoms with E-state index in [1.165, 1.54) is 22.3 Å². The zero-order valence-corrected chi connectivity index (χ0v) is 13.5. The maximum absolute atomic E-state index is 12.7. The first kappa shape index (κ1) is 14.5. The fourth-order valence-electron chi connectivity index (χ4n) is 2.44. The summed E-state index contributed by atoms with van der Waals surface area (Å²) < 4.78 is 2.50. The van der Waals surface area contributed by atoms with Crippen molar-refractivity contribution < 1.29 is 4.79 Å². The second-order valence-electron chi connectivity index (χ2n) is 5.17.